The van der Waals surface area contributed by atoms with Crippen molar-refractivity contribution >= 4 is 0 Å². The third-order valence-corrected chi connectivity index (χ3v) is 4.40. The van der Waals surface area contributed by atoms with Crippen LogP contribution in [-0.2, 0) is 0 Å². The van der Waals surface area contributed by atoms with Gasteiger partial charge < -0.3 is 10.2 Å². The van der Waals surface area contributed by atoms with Crippen LogP contribution in [0.2, 0.25) is 0 Å². The minimum atomic E-state index is 0.752. The van der Waals surface area contributed by atoms with Crippen molar-refractivity contribution in [1.82, 2.24) is 10.2 Å². The largest absolute Gasteiger partial charge is 0.317 e. The molecule has 1 N–H and O–H groups in total. The highest BCUT2D eigenvalue weighted by atomic mass is 15.2. The molecule has 0 amide bonds. The molecule has 0 spiro atoms. The lowest BCUT2D eigenvalue weighted by Crippen LogP contribution is -2.46. The molecule has 2 nitrogen and oxygen atoms in total. The molecule has 18 heavy (non-hydrogen) atoms. The van der Waals surface area contributed by atoms with Crippen molar-refractivity contribution in [2.24, 2.45) is 5.92 Å². The maximum Gasteiger partial charge on any atom is 0.00910 e. The van der Waals surface area contributed by atoms with Crippen molar-refractivity contribution in [2.45, 2.75) is 77.8 Å². The van der Waals surface area contributed by atoms with Crippen LogP contribution in [0.1, 0.15) is 65.7 Å². The van der Waals surface area contributed by atoms with E-state index in [2.05, 4.69) is 38.0 Å². The Morgan fingerprint density at radius 1 is 1.17 bits per heavy atom. The molecule has 1 aliphatic rings. The predicted molar refractivity (Wildman–Crippen MR) is 81.0 cm³/mol. The molecule has 0 bridgehead atoms. The molecule has 0 aromatic heterocycles. The smallest absolute Gasteiger partial charge is 0.00910 e. The number of likely N-dealkylation sites (tertiary alicyclic amines) is 1. The zero-order chi connectivity index (χ0) is 13.4. The van der Waals surface area contributed by atoms with E-state index in [0.29, 0.717) is 0 Å². The first kappa shape index (κ1) is 16.0. The van der Waals surface area contributed by atoms with Crippen molar-refractivity contribution in [3.63, 3.8) is 0 Å². The number of rotatable bonds is 8. The van der Waals surface area contributed by atoms with E-state index in [-0.39, 0.29) is 0 Å². The Balaban J connectivity index is 2.02. The van der Waals surface area contributed by atoms with Gasteiger partial charge in [-0.15, -0.1) is 0 Å². The lowest BCUT2D eigenvalue weighted by atomic mass is 9.98. The molecule has 0 aromatic rings. The normalized spacial score (nSPS) is 25.8. The van der Waals surface area contributed by atoms with Crippen LogP contribution in [0.5, 0.6) is 0 Å². The molecule has 2 atom stereocenters. The molecule has 1 fully saturated rings. The van der Waals surface area contributed by atoms with E-state index in [1.807, 2.05) is 0 Å². The van der Waals surface area contributed by atoms with Gasteiger partial charge in [-0.3, -0.25) is 0 Å². The molecule has 0 aliphatic carbocycles. The van der Waals surface area contributed by atoms with Crippen LogP contribution >= 0.6 is 0 Å². The summed E-state index contributed by atoms with van der Waals surface area (Å²) in [6.07, 6.45) is 9.73. The van der Waals surface area contributed by atoms with Gasteiger partial charge in [0.15, 0.2) is 0 Å². The molecule has 2 unspecified atom stereocenters. The standard InChI is InChI=1S/C16H34N2/c1-14(2)9-7-5-6-8-11-18-12-10-16(17-4)13-15(18)3/h14-17H,5-13H2,1-4H3. The van der Waals surface area contributed by atoms with Crippen LogP contribution in [-0.4, -0.2) is 37.1 Å². The van der Waals surface area contributed by atoms with Gasteiger partial charge >= 0.3 is 0 Å². The van der Waals surface area contributed by atoms with Gasteiger partial charge in [0.2, 0.25) is 0 Å². The van der Waals surface area contributed by atoms with Crippen molar-refractivity contribution < 1.29 is 0 Å². The number of piperidine rings is 1. The molecule has 1 heterocycles. The first-order valence-corrected chi connectivity index (χ1v) is 8.04. The van der Waals surface area contributed by atoms with Gasteiger partial charge in [0.1, 0.15) is 0 Å². The van der Waals surface area contributed by atoms with Crippen molar-refractivity contribution in [1.29, 1.82) is 0 Å². The average molecular weight is 254 g/mol. The second-order valence-electron chi connectivity index (χ2n) is 6.49. The summed E-state index contributed by atoms with van der Waals surface area (Å²) >= 11 is 0. The fourth-order valence-electron chi connectivity index (χ4n) is 3.04. The van der Waals surface area contributed by atoms with E-state index in [4.69, 9.17) is 0 Å². The lowest BCUT2D eigenvalue weighted by molar-refractivity contribution is 0.136. The van der Waals surface area contributed by atoms with Gasteiger partial charge in [-0.1, -0.05) is 39.5 Å². The molecule has 2 heteroatoms. The SMILES string of the molecule is CNC1CCN(CCCCCCC(C)C)C(C)C1. The Kier molecular flexibility index (Phi) is 7.92. The van der Waals surface area contributed by atoms with Crippen molar-refractivity contribution in [3.8, 4) is 0 Å². The molecular formula is C16H34N2. The van der Waals surface area contributed by atoms with Crippen LogP contribution in [0.4, 0.5) is 0 Å². The highest BCUT2D eigenvalue weighted by Crippen LogP contribution is 2.18. The van der Waals surface area contributed by atoms with Crippen LogP contribution in [0.15, 0.2) is 0 Å². The summed E-state index contributed by atoms with van der Waals surface area (Å²) in [4.78, 5) is 2.69. The van der Waals surface area contributed by atoms with E-state index >= 15 is 0 Å². The number of nitrogens with zero attached hydrogens (tertiary/aromatic N) is 1. The van der Waals surface area contributed by atoms with E-state index in [0.717, 1.165) is 18.0 Å². The second kappa shape index (κ2) is 8.92. The molecule has 1 aliphatic heterocycles. The summed E-state index contributed by atoms with van der Waals surface area (Å²) in [6.45, 7) is 9.65. The third kappa shape index (κ3) is 6.19. The highest BCUT2D eigenvalue weighted by Gasteiger charge is 2.23. The molecule has 0 saturated carbocycles. The second-order valence-corrected chi connectivity index (χ2v) is 6.49. The van der Waals surface area contributed by atoms with Gasteiger partial charge in [-0.2, -0.15) is 0 Å². The molecule has 1 rings (SSSR count). The first-order chi connectivity index (χ1) is 8.63. The fourth-order valence-corrected chi connectivity index (χ4v) is 3.04. The zero-order valence-electron chi connectivity index (χ0n) is 13.0. The van der Waals surface area contributed by atoms with Crippen LogP contribution in [0, 0.1) is 5.92 Å². The van der Waals surface area contributed by atoms with Crippen molar-refractivity contribution in [3.05, 3.63) is 0 Å². The predicted octanol–water partition coefficient (Wildman–Crippen LogP) is 3.67. The number of hydrogen-bond acceptors (Lipinski definition) is 2. The molecule has 1 saturated heterocycles. The average Bonchev–Trinajstić information content (AvgIpc) is 2.34. The minimum absolute atomic E-state index is 0.752. The minimum Gasteiger partial charge on any atom is -0.317 e. The van der Waals surface area contributed by atoms with Gasteiger partial charge in [0.25, 0.3) is 0 Å². The summed E-state index contributed by atoms with van der Waals surface area (Å²) in [5, 5.41) is 3.42. The van der Waals surface area contributed by atoms with Crippen LogP contribution < -0.4 is 5.32 Å². The van der Waals surface area contributed by atoms with Gasteiger partial charge in [-0.25, -0.2) is 0 Å². The number of unbranched alkanes of at least 4 members (excludes halogenated alkanes) is 3. The van der Waals surface area contributed by atoms with Gasteiger partial charge in [0.05, 0.1) is 0 Å². The molecular weight excluding hydrogens is 220 g/mol. The summed E-state index contributed by atoms with van der Waals surface area (Å²) < 4.78 is 0. The Morgan fingerprint density at radius 3 is 2.50 bits per heavy atom. The summed E-state index contributed by atoms with van der Waals surface area (Å²) in [6, 6.07) is 1.52. The highest BCUT2D eigenvalue weighted by molar-refractivity contribution is 4.81. The topological polar surface area (TPSA) is 15.3 Å². The van der Waals surface area contributed by atoms with E-state index in [1.165, 1.54) is 58.0 Å². The van der Waals surface area contributed by atoms with E-state index in [1.54, 1.807) is 0 Å². The number of hydrogen-bond donors (Lipinski definition) is 1. The Hall–Kier alpha value is -0.0800. The van der Waals surface area contributed by atoms with E-state index < -0.39 is 0 Å². The van der Waals surface area contributed by atoms with Gasteiger partial charge in [-0.05, 0) is 52.2 Å². The molecule has 0 radical (unpaired) electrons. The molecule has 0 aromatic carbocycles. The Morgan fingerprint density at radius 2 is 1.89 bits per heavy atom. The molecule has 108 valence electrons. The first-order valence-electron chi connectivity index (χ1n) is 8.04. The summed E-state index contributed by atoms with van der Waals surface area (Å²) in [5.74, 6) is 0.880. The number of nitrogens with one attached hydrogen (secondary N) is 1. The third-order valence-electron chi connectivity index (χ3n) is 4.40. The zero-order valence-corrected chi connectivity index (χ0v) is 13.0. The van der Waals surface area contributed by atoms with E-state index in [9.17, 15) is 0 Å². The lowest BCUT2D eigenvalue weighted by Gasteiger charge is -2.37. The van der Waals surface area contributed by atoms with Crippen molar-refractivity contribution in [2.75, 3.05) is 20.1 Å². The fraction of sp³-hybridized carbons (Fsp3) is 1.00. The summed E-state index contributed by atoms with van der Waals surface area (Å²) in [7, 11) is 2.10. The van der Waals surface area contributed by atoms with Crippen LogP contribution in [0.25, 0.3) is 0 Å². The van der Waals surface area contributed by atoms with Crippen LogP contribution in [0.3, 0.4) is 0 Å². The maximum absolute atomic E-state index is 3.42. The monoisotopic (exact) mass is 254 g/mol. The maximum atomic E-state index is 3.42. The quantitative estimate of drug-likeness (QED) is 0.665. The van der Waals surface area contributed by atoms with Gasteiger partial charge in [0, 0.05) is 12.1 Å². The Labute approximate surface area is 115 Å². The summed E-state index contributed by atoms with van der Waals surface area (Å²) in [5.41, 5.74) is 0. The Bertz CT molecular complexity index is 203.